The maximum Gasteiger partial charge on any atom is 0.250 e. The van der Waals surface area contributed by atoms with Gasteiger partial charge >= 0.3 is 0 Å². The van der Waals surface area contributed by atoms with Gasteiger partial charge in [-0.05, 0) is 51.0 Å². The molecule has 184 valence electrons. The van der Waals surface area contributed by atoms with Gasteiger partial charge in [-0.2, -0.15) is 0 Å². The third kappa shape index (κ3) is 11.3. The monoisotopic (exact) mass is 487 g/mol. The van der Waals surface area contributed by atoms with E-state index in [2.05, 4.69) is 9.97 Å². The van der Waals surface area contributed by atoms with Crippen LogP contribution >= 0.6 is 11.6 Å². The zero-order chi connectivity index (χ0) is 24.3. The molecule has 0 N–H and O–H groups in total. The number of alkyl halides is 5. The Hall–Kier alpha value is -1.73. The summed E-state index contributed by atoms with van der Waals surface area (Å²) in [4.78, 5) is 10.6. The summed E-state index contributed by atoms with van der Waals surface area (Å²) in [5.74, 6) is -4.28. The van der Waals surface area contributed by atoms with E-state index in [1.165, 1.54) is 0 Å². The molecule has 1 saturated heterocycles. The molecule has 1 aliphatic heterocycles. The number of piperidine rings is 1. The molecule has 0 bridgehead atoms. The van der Waals surface area contributed by atoms with Crippen molar-refractivity contribution in [2.75, 3.05) is 13.1 Å². The Balaban J connectivity index is 0.000000192. The Kier molecular flexibility index (Phi) is 11.0. The first-order chi connectivity index (χ1) is 15.6. The first-order valence-electron chi connectivity index (χ1n) is 11.5. The Morgan fingerprint density at radius 2 is 1.24 bits per heavy atom. The molecule has 2 aliphatic rings. The Bertz CT molecular complexity index is 830. The molecule has 4 rings (SSSR count). The van der Waals surface area contributed by atoms with Gasteiger partial charge in [0.1, 0.15) is 0 Å². The first kappa shape index (κ1) is 27.5. The number of hydrogen-bond donors (Lipinski definition) is 0. The van der Waals surface area contributed by atoms with Crippen LogP contribution in [0.3, 0.4) is 0 Å². The minimum absolute atomic E-state index is 0.0290. The fraction of sp³-hybridized carbons (Fsp3) is 0.600. The van der Waals surface area contributed by atoms with Crippen molar-refractivity contribution in [2.45, 2.75) is 83.1 Å². The molecule has 2 aromatic rings. The lowest BCUT2D eigenvalue weighted by molar-refractivity contribution is -0.0568. The van der Waals surface area contributed by atoms with E-state index in [4.69, 9.17) is 11.6 Å². The average molecular weight is 488 g/mol. The highest BCUT2D eigenvalue weighted by Crippen LogP contribution is 2.32. The highest BCUT2D eigenvalue weighted by molar-refractivity contribution is 6.16. The number of aryl methyl sites for hydroxylation is 2. The maximum atomic E-state index is 12.9. The van der Waals surface area contributed by atoms with Crippen LogP contribution in [-0.4, -0.2) is 39.8 Å². The first-order valence-corrected chi connectivity index (χ1v) is 12.0. The van der Waals surface area contributed by atoms with E-state index in [-0.39, 0.29) is 25.7 Å². The van der Waals surface area contributed by atoms with Crippen molar-refractivity contribution < 1.29 is 17.6 Å². The molecule has 0 spiro atoms. The lowest BCUT2D eigenvalue weighted by Gasteiger charge is -2.31. The van der Waals surface area contributed by atoms with Gasteiger partial charge in [0, 0.05) is 56.7 Å². The summed E-state index contributed by atoms with van der Waals surface area (Å²) >= 11 is 5.54. The van der Waals surface area contributed by atoms with Gasteiger partial charge in [-0.25, -0.2) is 17.6 Å². The summed E-state index contributed by atoms with van der Waals surface area (Å²) in [6, 6.07) is 11.7. The summed E-state index contributed by atoms with van der Waals surface area (Å²) in [6.45, 7) is 5.49. The second-order valence-electron chi connectivity index (χ2n) is 8.72. The van der Waals surface area contributed by atoms with Gasteiger partial charge < -0.3 is 0 Å². The van der Waals surface area contributed by atoms with Gasteiger partial charge in [-0.1, -0.05) is 18.6 Å². The Labute approximate surface area is 199 Å². The lowest BCUT2D eigenvalue weighted by Crippen LogP contribution is -2.38. The highest BCUT2D eigenvalue weighted by atomic mass is 35.5. The fourth-order valence-corrected chi connectivity index (χ4v) is 3.85. The van der Waals surface area contributed by atoms with Gasteiger partial charge in [0.05, 0.1) is 17.3 Å². The minimum Gasteiger partial charge on any atom is -0.297 e. The second kappa shape index (κ2) is 13.2. The molecular formula is C25H34ClF4N3. The highest BCUT2D eigenvalue weighted by Gasteiger charge is 2.33. The van der Waals surface area contributed by atoms with Crippen molar-refractivity contribution in [3.8, 4) is 0 Å². The predicted octanol–water partition coefficient (Wildman–Crippen LogP) is 7.34. The van der Waals surface area contributed by atoms with E-state index in [1.807, 2.05) is 55.1 Å². The number of aromatic nitrogens is 2. The third-order valence-electron chi connectivity index (χ3n) is 5.59. The van der Waals surface area contributed by atoms with Gasteiger partial charge in [-0.3, -0.25) is 14.9 Å². The van der Waals surface area contributed by atoms with Crippen LogP contribution in [0.1, 0.15) is 67.7 Å². The summed E-state index contributed by atoms with van der Waals surface area (Å²) in [6.07, 6.45) is 2.60. The summed E-state index contributed by atoms with van der Waals surface area (Å²) in [5.41, 5.74) is 3.90. The van der Waals surface area contributed by atoms with Crippen LogP contribution in [0.2, 0.25) is 0 Å². The maximum absolute atomic E-state index is 12.9. The number of nitrogens with zero attached hydrogens (tertiary/aromatic N) is 3. The molecule has 1 aliphatic carbocycles. The average Bonchev–Trinajstić information content (AvgIpc) is 2.76. The number of rotatable bonds is 3. The van der Waals surface area contributed by atoms with Crippen LogP contribution in [0.5, 0.6) is 0 Å². The molecule has 8 heteroatoms. The van der Waals surface area contributed by atoms with E-state index in [0.717, 1.165) is 29.2 Å². The third-order valence-corrected chi connectivity index (χ3v) is 5.86. The summed E-state index contributed by atoms with van der Waals surface area (Å²) in [7, 11) is 0. The normalized spacial score (nSPS) is 19.5. The number of likely N-dealkylation sites (tertiary alicyclic amines) is 1. The van der Waals surface area contributed by atoms with Gasteiger partial charge in [0.15, 0.2) is 0 Å². The van der Waals surface area contributed by atoms with Crippen LogP contribution in [0.4, 0.5) is 17.6 Å². The summed E-state index contributed by atoms with van der Waals surface area (Å²) < 4.78 is 50.3. The lowest BCUT2D eigenvalue weighted by atomic mass is 9.97. The molecule has 0 amide bonds. The van der Waals surface area contributed by atoms with E-state index >= 15 is 0 Å². The zero-order valence-electron chi connectivity index (χ0n) is 19.5. The molecule has 33 heavy (non-hydrogen) atoms. The van der Waals surface area contributed by atoms with Crippen LogP contribution in [0, 0.1) is 13.8 Å². The molecule has 1 saturated carbocycles. The van der Waals surface area contributed by atoms with Crippen molar-refractivity contribution in [2.24, 2.45) is 0 Å². The summed E-state index contributed by atoms with van der Waals surface area (Å²) in [5, 5.41) is 0. The SMILES string of the molecule is Cc1cccc(CCl)n1.Cc1cccc(CN2CCC(F)(F)CC2)n1.FC1(F)CCCCC1. The van der Waals surface area contributed by atoms with Crippen LogP contribution in [0.25, 0.3) is 0 Å². The standard InChI is InChI=1S/C12H16F2N2.C7H8ClN.C6H10F2/c1-10-3-2-4-11(15-10)9-16-7-5-12(13,14)6-8-16;1-6-3-2-4-7(5-8)9-6;7-6(8)4-2-1-3-5-6/h2-4H,5-9H2,1H3;2-4H,5H2,1H3;1-5H2. The van der Waals surface area contributed by atoms with Crippen LogP contribution < -0.4 is 0 Å². The molecule has 3 heterocycles. The topological polar surface area (TPSA) is 29.0 Å². The molecular weight excluding hydrogens is 454 g/mol. The van der Waals surface area contributed by atoms with Crippen molar-refractivity contribution >= 4 is 11.6 Å². The van der Waals surface area contributed by atoms with Gasteiger partial charge in [0.2, 0.25) is 5.92 Å². The van der Waals surface area contributed by atoms with Crippen molar-refractivity contribution in [1.82, 2.24) is 14.9 Å². The quantitative estimate of drug-likeness (QED) is 0.335. The fourth-order valence-electron chi connectivity index (χ4n) is 3.70. The smallest absolute Gasteiger partial charge is 0.250 e. The number of halogens is 5. The van der Waals surface area contributed by atoms with Crippen LogP contribution in [-0.2, 0) is 12.4 Å². The Morgan fingerprint density at radius 3 is 1.67 bits per heavy atom. The van der Waals surface area contributed by atoms with Crippen molar-refractivity contribution in [3.63, 3.8) is 0 Å². The Morgan fingerprint density at radius 1 is 0.758 bits per heavy atom. The van der Waals surface area contributed by atoms with Gasteiger partial charge in [0.25, 0.3) is 5.92 Å². The van der Waals surface area contributed by atoms with Crippen LogP contribution in [0.15, 0.2) is 36.4 Å². The molecule has 2 aromatic heterocycles. The number of pyridine rings is 2. The molecule has 0 atom stereocenters. The zero-order valence-corrected chi connectivity index (χ0v) is 20.2. The molecule has 0 radical (unpaired) electrons. The van der Waals surface area contributed by atoms with E-state index in [9.17, 15) is 17.6 Å². The largest absolute Gasteiger partial charge is 0.297 e. The van der Waals surface area contributed by atoms with Gasteiger partial charge in [-0.15, -0.1) is 11.6 Å². The molecule has 2 fully saturated rings. The molecule has 3 nitrogen and oxygen atoms in total. The minimum atomic E-state index is -2.46. The second-order valence-corrected chi connectivity index (χ2v) is 8.99. The van der Waals surface area contributed by atoms with E-state index in [1.54, 1.807) is 0 Å². The molecule has 0 unspecified atom stereocenters. The van der Waals surface area contributed by atoms with E-state index < -0.39 is 11.8 Å². The molecule has 0 aromatic carbocycles. The van der Waals surface area contributed by atoms with Crippen molar-refractivity contribution in [3.05, 3.63) is 59.2 Å². The number of hydrogen-bond acceptors (Lipinski definition) is 3. The predicted molar refractivity (Wildman–Crippen MR) is 125 cm³/mol. The van der Waals surface area contributed by atoms with E-state index in [0.29, 0.717) is 38.4 Å². The van der Waals surface area contributed by atoms with Crippen molar-refractivity contribution in [1.29, 1.82) is 0 Å².